The fraction of sp³-hybridized carbons (Fsp3) is 0.310. The number of benzene rings is 5. The van der Waals surface area contributed by atoms with Crippen molar-refractivity contribution in [3.63, 3.8) is 0 Å². The van der Waals surface area contributed by atoms with Crippen molar-refractivity contribution in [2.45, 2.75) is 79.2 Å². The lowest BCUT2D eigenvalue weighted by Crippen LogP contribution is -2.42. The second kappa shape index (κ2) is 11.5. The normalized spacial score (nSPS) is 16.3. The fourth-order valence-electron chi connectivity index (χ4n) is 7.73. The largest absolute Gasteiger partial charge is 0.353 e. The van der Waals surface area contributed by atoms with Crippen molar-refractivity contribution in [2.24, 2.45) is 5.41 Å². The van der Waals surface area contributed by atoms with Crippen LogP contribution in [0.4, 0.5) is 22.7 Å². The third-order valence-corrected chi connectivity index (χ3v) is 9.33. The minimum atomic E-state index is -0.0227. The van der Waals surface area contributed by atoms with Crippen LogP contribution in [-0.2, 0) is 0 Å². The van der Waals surface area contributed by atoms with Crippen molar-refractivity contribution in [3.8, 4) is 0 Å². The van der Waals surface area contributed by atoms with Crippen molar-refractivity contribution in [2.75, 3.05) is 9.80 Å². The molecular formula is C42H47N2. The van der Waals surface area contributed by atoms with Gasteiger partial charge in [0.25, 0.3) is 0 Å². The summed E-state index contributed by atoms with van der Waals surface area (Å²) in [4.78, 5) is 5.11. The van der Waals surface area contributed by atoms with Crippen LogP contribution >= 0.6 is 0 Å². The van der Waals surface area contributed by atoms with Gasteiger partial charge < -0.3 is 9.80 Å². The first-order valence-corrected chi connectivity index (χ1v) is 16.2. The van der Waals surface area contributed by atoms with Crippen LogP contribution in [0.15, 0.2) is 115 Å². The van der Waals surface area contributed by atoms with Crippen LogP contribution in [0.25, 0.3) is 10.8 Å². The maximum absolute atomic E-state index is 2.71. The zero-order chi connectivity index (χ0) is 31.2. The molecule has 2 nitrogen and oxygen atoms in total. The molecule has 225 valence electrons. The molecule has 1 aliphatic heterocycles. The number of hydrogen-bond acceptors (Lipinski definition) is 2. The van der Waals surface area contributed by atoms with Gasteiger partial charge >= 0.3 is 0 Å². The Morgan fingerprint density at radius 1 is 0.591 bits per heavy atom. The van der Waals surface area contributed by atoms with E-state index in [0.29, 0.717) is 11.8 Å². The molecule has 2 heteroatoms. The third kappa shape index (κ3) is 5.30. The molecule has 0 N–H and O–H groups in total. The summed E-state index contributed by atoms with van der Waals surface area (Å²) in [7, 11) is 0. The predicted molar refractivity (Wildman–Crippen MR) is 191 cm³/mol. The van der Waals surface area contributed by atoms with Crippen LogP contribution in [0.3, 0.4) is 0 Å². The van der Waals surface area contributed by atoms with Gasteiger partial charge in [0.05, 0.1) is 11.7 Å². The van der Waals surface area contributed by atoms with Crippen molar-refractivity contribution >= 4 is 33.5 Å². The van der Waals surface area contributed by atoms with E-state index in [2.05, 4.69) is 180 Å². The molecule has 1 saturated heterocycles. The van der Waals surface area contributed by atoms with Crippen molar-refractivity contribution < 1.29 is 0 Å². The van der Waals surface area contributed by atoms with Gasteiger partial charge in [-0.25, -0.2) is 0 Å². The maximum Gasteiger partial charge on any atom is 0.0989 e. The van der Waals surface area contributed by atoms with Gasteiger partial charge in [0, 0.05) is 28.0 Å². The van der Waals surface area contributed by atoms with Crippen LogP contribution in [-0.4, -0.2) is 5.54 Å². The highest BCUT2D eigenvalue weighted by atomic mass is 15.3. The Morgan fingerprint density at radius 2 is 1.14 bits per heavy atom. The Bertz CT molecular complexity index is 1710. The minimum absolute atomic E-state index is 0.0120. The number of fused-ring (bicyclic) bond motifs is 1. The highest BCUT2D eigenvalue weighted by Gasteiger charge is 2.53. The Labute approximate surface area is 265 Å². The second-order valence-corrected chi connectivity index (χ2v) is 14.4. The number of rotatable bonds is 7. The van der Waals surface area contributed by atoms with Gasteiger partial charge in [-0.2, -0.15) is 0 Å². The molecule has 0 atom stereocenters. The summed E-state index contributed by atoms with van der Waals surface area (Å²) in [5.41, 5.74) is 9.06. The van der Waals surface area contributed by atoms with Crippen LogP contribution < -0.4 is 9.80 Å². The Kier molecular flexibility index (Phi) is 7.82. The molecule has 5 aromatic rings. The monoisotopic (exact) mass is 579 g/mol. The van der Waals surface area contributed by atoms with Gasteiger partial charge in [0.2, 0.25) is 0 Å². The van der Waals surface area contributed by atoms with E-state index in [4.69, 9.17) is 0 Å². The quantitative estimate of drug-likeness (QED) is 0.189. The molecular weight excluding hydrogens is 532 g/mol. The summed E-state index contributed by atoms with van der Waals surface area (Å²) < 4.78 is 0. The van der Waals surface area contributed by atoms with Crippen LogP contribution in [0.5, 0.6) is 0 Å². The van der Waals surface area contributed by atoms with Crippen LogP contribution in [0.1, 0.15) is 90.3 Å². The van der Waals surface area contributed by atoms with E-state index in [1.807, 2.05) is 0 Å². The summed E-state index contributed by atoms with van der Waals surface area (Å²) in [5, 5.41) is 2.49. The molecule has 6 rings (SSSR count). The van der Waals surface area contributed by atoms with E-state index < -0.39 is 0 Å². The molecule has 0 unspecified atom stereocenters. The van der Waals surface area contributed by atoms with Crippen LogP contribution in [0, 0.1) is 11.5 Å². The van der Waals surface area contributed by atoms with Crippen molar-refractivity contribution in [3.05, 3.63) is 138 Å². The smallest absolute Gasteiger partial charge is 0.0989 e. The van der Waals surface area contributed by atoms with E-state index in [1.54, 1.807) is 0 Å². The van der Waals surface area contributed by atoms with E-state index in [9.17, 15) is 0 Å². The molecule has 0 aliphatic carbocycles. The molecule has 0 bridgehead atoms. The van der Waals surface area contributed by atoms with Crippen molar-refractivity contribution in [1.82, 2.24) is 0 Å². The Hall–Kier alpha value is -4.04. The summed E-state index contributed by atoms with van der Waals surface area (Å²) >= 11 is 0. The highest BCUT2D eigenvalue weighted by Crippen LogP contribution is 2.57. The SMILES string of the molecule is CC(C)c1cccc(C(C)C)c1N1[C](c2ccc(N(c3ccccc3)c3cccc4ccccc34)cc2)C(C)(C)CC1(C)C. The van der Waals surface area contributed by atoms with Gasteiger partial charge in [0.15, 0.2) is 0 Å². The second-order valence-electron chi connectivity index (χ2n) is 14.4. The molecule has 5 aromatic carbocycles. The number of para-hydroxylation sites is 2. The standard InChI is InChI=1S/C42H47N2/c1-29(2)35-21-15-22-36(30(3)4)39(35)44-40(41(5,6)28-42(44,7)8)32-24-26-34(27-25-32)43(33-18-10-9-11-19-33)38-23-14-17-31-16-12-13-20-37(31)38/h9-27,29-30H,28H2,1-8H3. The first-order chi connectivity index (χ1) is 21.0. The molecule has 0 amide bonds. The molecule has 1 heterocycles. The van der Waals surface area contributed by atoms with Gasteiger partial charge in [-0.1, -0.05) is 126 Å². The van der Waals surface area contributed by atoms with Gasteiger partial charge in [-0.3, -0.25) is 0 Å². The zero-order valence-corrected chi connectivity index (χ0v) is 27.7. The van der Waals surface area contributed by atoms with Gasteiger partial charge in [-0.05, 0) is 89.9 Å². The fourth-order valence-corrected chi connectivity index (χ4v) is 7.73. The average molecular weight is 580 g/mol. The van der Waals surface area contributed by atoms with E-state index in [1.165, 1.54) is 44.9 Å². The predicted octanol–water partition coefficient (Wildman–Crippen LogP) is 12.2. The number of nitrogens with zero attached hydrogens (tertiary/aromatic N) is 2. The molecule has 0 spiro atoms. The van der Waals surface area contributed by atoms with Gasteiger partial charge in [0.1, 0.15) is 0 Å². The first-order valence-electron chi connectivity index (χ1n) is 16.2. The van der Waals surface area contributed by atoms with Crippen LogP contribution in [0.2, 0.25) is 0 Å². The summed E-state index contributed by atoms with van der Waals surface area (Å²) in [6, 6.07) is 43.7. The molecule has 1 fully saturated rings. The molecule has 0 aromatic heterocycles. The molecule has 0 saturated carbocycles. The summed E-state index contributed by atoms with van der Waals surface area (Å²) in [6.45, 7) is 19.0. The number of anilines is 4. The summed E-state index contributed by atoms with van der Waals surface area (Å²) in [6.07, 6.45) is 1.09. The molecule has 1 aliphatic rings. The summed E-state index contributed by atoms with van der Waals surface area (Å²) in [5.74, 6) is 0.874. The average Bonchev–Trinajstić information content (AvgIpc) is 3.20. The van der Waals surface area contributed by atoms with Gasteiger partial charge in [-0.15, -0.1) is 0 Å². The van der Waals surface area contributed by atoms with Crippen molar-refractivity contribution in [1.29, 1.82) is 0 Å². The van der Waals surface area contributed by atoms with E-state index >= 15 is 0 Å². The molecule has 44 heavy (non-hydrogen) atoms. The van der Waals surface area contributed by atoms with E-state index in [0.717, 1.165) is 17.8 Å². The third-order valence-electron chi connectivity index (χ3n) is 9.33. The lowest BCUT2D eigenvalue weighted by atomic mass is 9.78. The zero-order valence-electron chi connectivity index (χ0n) is 27.7. The lowest BCUT2D eigenvalue weighted by molar-refractivity contribution is 0.376. The molecule has 1 radical (unpaired) electrons. The Balaban J connectivity index is 1.50. The topological polar surface area (TPSA) is 6.48 Å². The van der Waals surface area contributed by atoms with E-state index in [-0.39, 0.29) is 11.0 Å². The highest BCUT2D eigenvalue weighted by molar-refractivity contribution is 5.98. The maximum atomic E-state index is 2.71. The number of hydrogen-bond donors (Lipinski definition) is 0. The lowest BCUT2D eigenvalue weighted by Gasteiger charge is -2.42. The minimum Gasteiger partial charge on any atom is -0.353 e. The Morgan fingerprint density at radius 3 is 1.77 bits per heavy atom. The first kappa shape index (κ1) is 30.0.